The van der Waals surface area contributed by atoms with Crippen LogP contribution in [0.3, 0.4) is 0 Å². The van der Waals surface area contributed by atoms with Crippen molar-refractivity contribution in [3.63, 3.8) is 0 Å². The third-order valence-electron chi connectivity index (χ3n) is 3.91. The van der Waals surface area contributed by atoms with E-state index in [1.807, 2.05) is 18.2 Å². The average molecular weight is 424 g/mol. The van der Waals surface area contributed by atoms with E-state index in [-0.39, 0.29) is 5.91 Å². The Morgan fingerprint density at radius 1 is 0.923 bits per heavy atom. The normalized spacial score (nSPS) is 10.2. The summed E-state index contributed by atoms with van der Waals surface area (Å²) in [6.07, 6.45) is 0. The molecule has 0 aliphatic rings. The Bertz CT molecular complexity index is 768. The Morgan fingerprint density at radius 2 is 1.50 bits per heavy atom. The number of carbonyl (C=O) groups excluding carboxylic acids is 1. The van der Waals surface area contributed by atoms with Gasteiger partial charge in [-0.3, -0.25) is 4.79 Å². The molecule has 26 heavy (non-hydrogen) atoms. The number of hydrogen-bond donors (Lipinski definition) is 0. The minimum Gasteiger partial charge on any atom is -0.496 e. The Balaban J connectivity index is 2.32. The molecule has 0 atom stereocenters. The van der Waals surface area contributed by atoms with Crippen LogP contribution < -0.4 is 18.9 Å². The van der Waals surface area contributed by atoms with Crippen LogP contribution in [0.15, 0.2) is 34.8 Å². The van der Waals surface area contributed by atoms with Gasteiger partial charge in [-0.15, -0.1) is 0 Å². The van der Waals surface area contributed by atoms with Crippen molar-refractivity contribution in [2.45, 2.75) is 6.54 Å². The van der Waals surface area contributed by atoms with Gasteiger partial charge in [-0.25, -0.2) is 0 Å². The Hall–Kier alpha value is -2.41. The lowest BCUT2D eigenvalue weighted by Crippen LogP contribution is -2.26. The van der Waals surface area contributed by atoms with E-state index in [2.05, 4.69) is 15.9 Å². The van der Waals surface area contributed by atoms with E-state index in [0.717, 1.165) is 15.8 Å². The summed E-state index contributed by atoms with van der Waals surface area (Å²) in [5.41, 5.74) is 1.33. The van der Waals surface area contributed by atoms with Gasteiger partial charge in [0.2, 0.25) is 5.75 Å². The molecule has 0 saturated carbocycles. The van der Waals surface area contributed by atoms with E-state index in [0.29, 0.717) is 29.4 Å². The van der Waals surface area contributed by atoms with Gasteiger partial charge in [0, 0.05) is 29.2 Å². The van der Waals surface area contributed by atoms with Crippen LogP contribution in [0.5, 0.6) is 23.0 Å². The molecule has 0 unspecified atom stereocenters. The summed E-state index contributed by atoms with van der Waals surface area (Å²) in [4.78, 5) is 14.5. The summed E-state index contributed by atoms with van der Waals surface area (Å²) in [5, 5.41) is 0. The molecule has 7 heteroatoms. The highest BCUT2D eigenvalue weighted by Crippen LogP contribution is 2.38. The summed E-state index contributed by atoms with van der Waals surface area (Å²) in [5.74, 6) is 1.86. The molecule has 0 bridgehead atoms. The second-order valence-corrected chi connectivity index (χ2v) is 6.45. The predicted octanol–water partition coefficient (Wildman–Crippen LogP) is 3.76. The lowest BCUT2D eigenvalue weighted by molar-refractivity contribution is 0.0783. The highest BCUT2D eigenvalue weighted by atomic mass is 79.9. The standard InChI is InChI=1S/C19H22BrNO5/c1-21(11-13-8-14(20)6-7-15(13)23-2)19(22)12-9-16(24-3)18(26-5)17(10-12)25-4/h6-10H,11H2,1-5H3. The molecule has 6 nitrogen and oxygen atoms in total. The molecule has 0 fully saturated rings. The van der Waals surface area contributed by atoms with Crippen molar-refractivity contribution < 1.29 is 23.7 Å². The Kier molecular flexibility index (Phi) is 6.74. The van der Waals surface area contributed by atoms with Crippen LogP contribution in [-0.4, -0.2) is 46.3 Å². The van der Waals surface area contributed by atoms with E-state index < -0.39 is 0 Å². The first-order valence-electron chi connectivity index (χ1n) is 7.83. The number of hydrogen-bond acceptors (Lipinski definition) is 5. The maximum Gasteiger partial charge on any atom is 0.254 e. The van der Waals surface area contributed by atoms with Gasteiger partial charge in [0.15, 0.2) is 11.5 Å². The number of rotatable bonds is 7. The number of carbonyl (C=O) groups is 1. The zero-order valence-electron chi connectivity index (χ0n) is 15.5. The number of nitrogens with zero attached hydrogens (tertiary/aromatic N) is 1. The fourth-order valence-corrected chi connectivity index (χ4v) is 3.03. The van der Waals surface area contributed by atoms with Gasteiger partial charge >= 0.3 is 0 Å². The zero-order chi connectivity index (χ0) is 19.3. The van der Waals surface area contributed by atoms with Gasteiger partial charge in [0.1, 0.15) is 5.75 Å². The van der Waals surface area contributed by atoms with E-state index in [1.165, 1.54) is 21.3 Å². The SMILES string of the molecule is COc1ccc(Br)cc1CN(C)C(=O)c1cc(OC)c(OC)c(OC)c1. The molecular formula is C19H22BrNO5. The number of methoxy groups -OCH3 is 4. The summed E-state index contributed by atoms with van der Waals surface area (Å²) < 4.78 is 22.2. The van der Waals surface area contributed by atoms with Crippen LogP contribution in [0, 0.1) is 0 Å². The van der Waals surface area contributed by atoms with Gasteiger partial charge in [0.25, 0.3) is 5.91 Å². The van der Waals surface area contributed by atoms with Crippen LogP contribution in [0.2, 0.25) is 0 Å². The minimum absolute atomic E-state index is 0.175. The maximum atomic E-state index is 12.9. The molecule has 0 spiro atoms. The fraction of sp³-hybridized carbons (Fsp3) is 0.316. The molecule has 0 heterocycles. The van der Waals surface area contributed by atoms with Crippen LogP contribution in [-0.2, 0) is 6.54 Å². The van der Waals surface area contributed by atoms with Gasteiger partial charge in [-0.05, 0) is 30.3 Å². The summed E-state index contributed by atoms with van der Waals surface area (Å²) in [7, 11) is 7.89. The first kappa shape index (κ1) is 19.9. The molecular weight excluding hydrogens is 402 g/mol. The highest BCUT2D eigenvalue weighted by molar-refractivity contribution is 9.10. The topological polar surface area (TPSA) is 57.2 Å². The van der Waals surface area contributed by atoms with Crippen molar-refractivity contribution in [2.24, 2.45) is 0 Å². The van der Waals surface area contributed by atoms with Gasteiger partial charge < -0.3 is 23.8 Å². The lowest BCUT2D eigenvalue weighted by atomic mass is 10.1. The molecule has 2 aromatic rings. The molecule has 2 rings (SSSR count). The third kappa shape index (κ3) is 4.22. The molecule has 0 aliphatic carbocycles. The van der Waals surface area contributed by atoms with Crippen LogP contribution in [0.25, 0.3) is 0 Å². The largest absolute Gasteiger partial charge is 0.496 e. The minimum atomic E-state index is -0.175. The van der Waals surface area contributed by atoms with Gasteiger partial charge in [-0.1, -0.05) is 15.9 Å². The summed E-state index contributed by atoms with van der Waals surface area (Å²) in [6.45, 7) is 0.387. The molecule has 0 aromatic heterocycles. The molecule has 1 amide bonds. The number of benzene rings is 2. The summed E-state index contributed by atoms with van der Waals surface area (Å²) >= 11 is 3.45. The van der Waals surface area contributed by atoms with Crippen molar-refractivity contribution in [3.8, 4) is 23.0 Å². The van der Waals surface area contributed by atoms with Crippen molar-refractivity contribution in [1.29, 1.82) is 0 Å². The van der Waals surface area contributed by atoms with Gasteiger partial charge in [0.05, 0.1) is 28.4 Å². The van der Waals surface area contributed by atoms with Gasteiger partial charge in [-0.2, -0.15) is 0 Å². The molecule has 0 N–H and O–H groups in total. The monoisotopic (exact) mass is 423 g/mol. The van der Waals surface area contributed by atoms with Crippen molar-refractivity contribution in [1.82, 2.24) is 4.90 Å². The van der Waals surface area contributed by atoms with E-state index in [4.69, 9.17) is 18.9 Å². The quantitative estimate of drug-likeness (QED) is 0.678. The Labute approximate surface area is 161 Å². The van der Waals surface area contributed by atoms with E-state index >= 15 is 0 Å². The average Bonchev–Trinajstić information content (AvgIpc) is 2.66. The zero-order valence-corrected chi connectivity index (χ0v) is 17.0. The molecule has 0 saturated heterocycles. The first-order chi connectivity index (χ1) is 12.4. The van der Waals surface area contributed by atoms with Crippen LogP contribution in [0.4, 0.5) is 0 Å². The summed E-state index contributed by atoms with van der Waals surface area (Å²) in [6, 6.07) is 8.95. The fourth-order valence-electron chi connectivity index (χ4n) is 2.62. The van der Waals surface area contributed by atoms with E-state index in [1.54, 1.807) is 31.2 Å². The first-order valence-corrected chi connectivity index (χ1v) is 8.62. The number of halogens is 1. The van der Waals surface area contributed by atoms with Crippen LogP contribution >= 0.6 is 15.9 Å². The van der Waals surface area contributed by atoms with E-state index in [9.17, 15) is 4.79 Å². The molecule has 0 aliphatic heterocycles. The van der Waals surface area contributed by atoms with Crippen LogP contribution in [0.1, 0.15) is 15.9 Å². The third-order valence-corrected chi connectivity index (χ3v) is 4.40. The number of amides is 1. The smallest absolute Gasteiger partial charge is 0.254 e. The lowest BCUT2D eigenvalue weighted by Gasteiger charge is -2.20. The molecule has 2 aromatic carbocycles. The Morgan fingerprint density at radius 3 is 2.00 bits per heavy atom. The molecule has 140 valence electrons. The predicted molar refractivity (Wildman–Crippen MR) is 103 cm³/mol. The highest BCUT2D eigenvalue weighted by Gasteiger charge is 2.20. The van der Waals surface area contributed by atoms with Crippen molar-refractivity contribution >= 4 is 21.8 Å². The second-order valence-electron chi connectivity index (χ2n) is 5.53. The molecule has 0 radical (unpaired) electrons. The maximum absolute atomic E-state index is 12.9. The van der Waals surface area contributed by atoms with Crippen molar-refractivity contribution in [2.75, 3.05) is 35.5 Å². The second kappa shape index (κ2) is 8.80. The number of ether oxygens (including phenoxy) is 4. The van der Waals surface area contributed by atoms with Crippen molar-refractivity contribution in [3.05, 3.63) is 45.9 Å².